The maximum absolute atomic E-state index is 11.5. The molecule has 1 N–H and O–H groups in total. The summed E-state index contributed by atoms with van der Waals surface area (Å²) in [5.74, 6) is 0.0522. The van der Waals surface area contributed by atoms with Gasteiger partial charge in [0.15, 0.2) is 0 Å². The molecule has 1 atom stereocenters. The van der Waals surface area contributed by atoms with Crippen molar-refractivity contribution in [3.8, 4) is 0 Å². The van der Waals surface area contributed by atoms with Crippen LogP contribution >= 0.6 is 0 Å². The van der Waals surface area contributed by atoms with Gasteiger partial charge in [0.05, 0.1) is 12.6 Å². The fourth-order valence-corrected chi connectivity index (χ4v) is 1.40. The van der Waals surface area contributed by atoms with Crippen molar-refractivity contribution in [2.75, 3.05) is 20.6 Å². The molecule has 0 bridgehead atoms. The molecule has 0 heterocycles. The number of nitrogens with zero attached hydrogens (tertiary/aromatic N) is 1. The fourth-order valence-electron chi connectivity index (χ4n) is 1.40. The monoisotopic (exact) mass is 206 g/mol. The molecule has 1 amide bonds. The molecule has 1 aromatic rings. The second-order valence-corrected chi connectivity index (χ2v) is 3.94. The van der Waals surface area contributed by atoms with E-state index in [1.807, 2.05) is 56.3 Å². The Hall–Kier alpha value is -1.35. The molecule has 0 unspecified atom stereocenters. The van der Waals surface area contributed by atoms with Gasteiger partial charge in [-0.25, -0.2) is 0 Å². The van der Waals surface area contributed by atoms with Crippen LogP contribution in [0, 0.1) is 0 Å². The minimum Gasteiger partial charge on any atom is -0.348 e. The number of hydrogen-bond acceptors (Lipinski definition) is 2. The van der Waals surface area contributed by atoms with Crippen LogP contribution < -0.4 is 5.32 Å². The van der Waals surface area contributed by atoms with E-state index in [4.69, 9.17) is 0 Å². The highest BCUT2D eigenvalue weighted by Gasteiger charge is 2.09. The number of nitrogens with one attached hydrogen (secondary N) is 1. The molecular weight excluding hydrogens is 188 g/mol. The van der Waals surface area contributed by atoms with Crippen LogP contribution in [0.5, 0.6) is 0 Å². The molecule has 3 heteroatoms. The lowest BCUT2D eigenvalue weighted by Gasteiger charge is -2.16. The van der Waals surface area contributed by atoms with Gasteiger partial charge in [-0.2, -0.15) is 0 Å². The Labute approximate surface area is 91.1 Å². The minimum atomic E-state index is 0.0522. The first-order chi connectivity index (χ1) is 7.09. The van der Waals surface area contributed by atoms with Gasteiger partial charge >= 0.3 is 0 Å². The van der Waals surface area contributed by atoms with E-state index < -0.39 is 0 Å². The molecule has 15 heavy (non-hydrogen) atoms. The van der Waals surface area contributed by atoms with Gasteiger partial charge in [-0.1, -0.05) is 30.3 Å². The Morgan fingerprint density at radius 1 is 1.33 bits per heavy atom. The zero-order chi connectivity index (χ0) is 11.3. The summed E-state index contributed by atoms with van der Waals surface area (Å²) in [5.41, 5.74) is 1.13. The van der Waals surface area contributed by atoms with Crippen LogP contribution in [0.15, 0.2) is 30.3 Å². The first kappa shape index (κ1) is 11.7. The van der Waals surface area contributed by atoms with Gasteiger partial charge in [-0.15, -0.1) is 0 Å². The average Bonchev–Trinajstić information content (AvgIpc) is 2.17. The molecule has 3 nitrogen and oxygen atoms in total. The molecule has 0 saturated carbocycles. The molecule has 0 aromatic heterocycles. The largest absolute Gasteiger partial charge is 0.348 e. The molecule has 0 radical (unpaired) electrons. The van der Waals surface area contributed by atoms with Crippen molar-refractivity contribution in [2.24, 2.45) is 0 Å². The third-order valence-electron chi connectivity index (χ3n) is 2.14. The van der Waals surface area contributed by atoms with Gasteiger partial charge < -0.3 is 10.2 Å². The molecular formula is C12H18N2O. The van der Waals surface area contributed by atoms with Crippen LogP contribution in [0.1, 0.15) is 18.5 Å². The number of benzene rings is 1. The third-order valence-corrected chi connectivity index (χ3v) is 2.14. The summed E-state index contributed by atoms with van der Waals surface area (Å²) in [7, 11) is 3.76. The highest BCUT2D eigenvalue weighted by Crippen LogP contribution is 2.10. The summed E-state index contributed by atoms with van der Waals surface area (Å²) in [6, 6.07) is 10.0. The maximum atomic E-state index is 11.5. The maximum Gasteiger partial charge on any atom is 0.234 e. The van der Waals surface area contributed by atoms with E-state index in [1.165, 1.54) is 0 Å². The number of hydrogen-bond donors (Lipinski definition) is 1. The number of rotatable bonds is 4. The van der Waals surface area contributed by atoms with Crippen LogP contribution in [0.4, 0.5) is 0 Å². The quantitative estimate of drug-likeness (QED) is 0.808. The molecule has 82 valence electrons. The Bertz CT molecular complexity index is 309. The van der Waals surface area contributed by atoms with E-state index in [-0.39, 0.29) is 11.9 Å². The zero-order valence-corrected chi connectivity index (χ0v) is 9.53. The van der Waals surface area contributed by atoms with Crippen LogP contribution in [0.3, 0.4) is 0 Å². The second-order valence-electron chi connectivity index (χ2n) is 3.94. The molecule has 0 spiro atoms. The van der Waals surface area contributed by atoms with Crippen LogP contribution in [-0.4, -0.2) is 31.4 Å². The van der Waals surface area contributed by atoms with E-state index in [0.717, 1.165) is 5.56 Å². The lowest BCUT2D eigenvalue weighted by atomic mass is 10.1. The topological polar surface area (TPSA) is 32.3 Å². The van der Waals surface area contributed by atoms with E-state index in [9.17, 15) is 4.79 Å². The number of amides is 1. The van der Waals surface area contributed by atoms with Crippen molar-refractivity contribution >= 4 is 5.91 Å². The number of carbonyl (C=O) groups is 1. The standard InChI is InChI=1S/C12H18N2O/c1-10(11-7-5-4-6-8-11)13-12(15)9-14(2)3/h4-8,10H,9H2,1-3H3,(H,13,15)/t10-/m0/s1. The van der Waals surface area contributed by atoms with Gasteiger partial charge in [0, 0.05) is 0 Å². The van der Waals surface area contributed by atoms with Crippen molar-refractivity contribution < 1.29 is 4.79 Å². The Kier molecular flexibility index (Phi) is 4.31. The van der Waals surface area contributed by atoms with Crippen LogP contribution in [-0.2, 0) is 4.79 Å². The summed E-state index contributed by atoms with van der Waals surface area (Å²) < 4.78 is 0. The van der Waals surface area contributed by atoms with E-state index in [2.05, 4.69) is 5.32 Å². The average molecular weight is 206 g/mol. The van der Waals surface area contributed by atoms with Crippen molar-refractivity contribution in [3.05, 3.63) is 35.9 Å². The van der Waals surface area contributed by atoms with Crippen LogP contribution in [0.25, 0.3) is 0 Å². The summed E-state index contributed by atoms with van der Waals surface area (Å²) in [6.07, 6.45) is 0. The molecule has 0 saturated heterocycles. The smallest absolute Gasteiger partial charge is 0.234 e. The molecule has 0 aliphatic carbocycles. The van der Waals surface area contributed by atoms with Crippen LogP contribution in [0.2, 0.25) is 0 Å². The lowest BCUT2D eigenvalue weighted by Crippen LogP contribution is -2.34. The molecule has 0 aliphatic rings. The number of carbonyl (C=O) groups excluding carboxylic acids is 1. The van der Waals surface area contributed by atoms with Gasteiger partial charge in [0.2, 0.25) is 5.91 Å². The first-order valence-electron chi connectivity index (χ1n) is 5.08. The van der Waals surface area contributed by atoms with Crippen molar-refractivity contribution in [2.45, 2.75) is 13.0 Å². The molecule has 0 aliphatic heterocycles. The number of likely N-dealkylation sites (N-methyl/N-ethyl adjacent to an activating group) is 1. The molecule has 1 aromatic carbocycles. The summed E-state index contributed by atoms with van der Waals surface area (Å²) in [4.78, 5) is 13.3. The van der Waals surface area contributed by atoms with Crippen molar-refractivity contribution in [3.63, 3.8) is 0 Å². The minimum absolute atomic E-state index is 0.0522. The Balaban J connectivity index is 2.49. The predicted octanol–water partition coefficient (Wildman–Crippen LogP) is 1.43. The van der Waals surface area contributed by atoms with E-state index >= 15 is 0 Å². The van der Waals surface area contributed by atoms with Gasteiger partial charge in [0.1, 0.15) is 0 Å². The summed E-state index contributed by atoms with van der Waals surface area (Å²) in [5, 5.41) is 2.95. The summed E-state index contributed by atoms with van der Waals surface area (Å²) in [6.45, 7) is 2.42. The van der Waals surface area contributed by atoms with Crippen molar-refractivity contribution in [1.29, 1.82) is 0 Å². The third kappa shape index (κ3) is 4.13. The predicted molar refractivity (Wildman–Crippen MR) is 61.6 cm³/mol. The highest BCUT2D eigenvalue weighted by atomic mass is 16.2. The normalized spacial score (nSPS) is 12.5. The molecule has 0 fully saturated rings. The Morgan fingerprint density at radius 3 is 2.47 bits per heavy atom. The second kappa shape index (κ2) is 5.51. The van der Waals surface area contributed by atoms with Gasteiger partial charge in [-0.3, -0.25) is 4.79 Å². The lowest BCUT2D eigenvalue weighted by molar-refractivity contribution is -0.122. The fraction of sp³-hybridized carbons (Fsp3) is 0.417. The van der Waals surface area contributed by atoms with Gasteiger partial charge in [-0.05, 0) is 26.6 Å². The Morgan fingerprint density at radius 2 is 1.93 bits per heavy atom. The zero-order valence-electron chi connectivity index (χ0n) is 9.53. The van der Waals surface area contributed by atoms with E-state index in [1.54, 1.807) is 0 Å². The summed E-state index contributed by atoms with van der Waals surface area (Å²) >= 11 is 0. The first-order valence-corrected chi connectivity index (χ1v) is 5.08. The molecule has 1 rings (SSSR count). The highest BCUT2D eigenvalue weighted by molar-refractivity contribution is 5.78. The van der Waals surface area contributed by atoms with E-state index in [0.29, 0.717) is 6.54 Å². The van der Waals surface area contributed by atoms with Crippen molar-refractivity contribution in [1.82, 2.24) is 10.2 Å². The van der Waals surface area contributed by atoms with Gasteiger partial charge in [0.25, 0.3) is 0 Å². The SMILES string of the molecule is C[C@H](NC(=O)CN(C)C)c1ccccc1.